The van der Waals surface area contributed by atoms with Crippen LogP contribution in [0.25, 0.3) is 0 Å². The van der Waals surface area contributed by atoms with E-state index in [-0.39, 0.29) is 85.0 Å². The number of para-hydroxylation sites is 4. The van der Waals surface area contributed by atoms with E-state index in [0.29, 0.717) is 24.0 Å². The second kappa shape index (κ2) is 29.8. The number of rotatable bonds is 26. The van der Waals surface area contributed by atoms with Gasteiger partial charge in [0.05, 0.1) is 0 Å². The average Bonchev–Trinajstić information content (AvgIpc) is 3.20. The molecule has 348 valence electrons. The Morgan fingerprint density at radius 2 is 0.641 bits per heavy atom. The molecule has 0 unspecified atom stereocenters. The number of hydrogen-bond donors (Lipinski definition) is 4. The van der Waals surface area contributed by atoms with Gasteiger partial charge in [0, 0.05) is 0 Å². The third-order valence-corrected chi connectivity index (χ3v) is 13.5. The summed E-state index contributed by atoms with van der Waals surface area (Å²) in [6.07, 6.45) is 18.7. The third-order valence-electron chi connectivity index (χ3n) is 9.95. The molecule has 0 spiro atoms. The maximum atomic E-state index is 11.9. The summed E-state index contributed by atoms with van der Waals surface area (Å²) in [6, 6.07) is 19.5. The Labute approximate surface area is 427 Å². The van der Waals surface area contributed by atoms with Gasteiger partial charge >= 0.3 is 59.1 Å². The van der Waals surface area contributed by atoms with Gasteiger partial charge in [-0.15, -0.1) is 0 Å². The summed E-state index contributed by atoms with van der Waals surface area (Å²) in [7, 11) is -18.4. The first-order valence-electron chi connectivity index (χ1n) is 21.0. The van der Waals surface area contributed by atoms with Crippen molar-refractivity contribution >= 4 is 40.5 Å². The van der Waals surface area contributed by atoms with Gasteiger partial charge in [0.25, 0.3) is 40.5 Å². The zero-order valence-corrected chi connectivity index (χ0v) is 44.6. The molecule has 4 N–H and O–H groups in total. The van der Waals surface area contributed by atoms with E-state index in [2.05, 4.69) is 13.8 Å². The van der Waals surface area contributed by atoms with Gasteiger partial charge in [-0.2, -0.15) is 33.7 Å². The molecule has 0 heterocycles. The van der Waals surface area contributed by atoms with Gasteiger partial charge in [0.15, 0.2) is 11.5 Å². The fraction of sp³-hybridized carbons (Fsp3) is 0.455. The average molecular weight is 989 g/mol. The Morgan fingerprint density at radius 3 is 0.938 bits per heavy atom. The second-order valence-corrected chi connectivity index (χ2v) is 20.5. The predicted octanol–water partition coefficient (Wildman–Crippen LogP) is 5.54. The molecule has 4 aromatic rings. The van der Waals surface area contributed by atoms with Gasteiger partial charge in [-0.05, 0) is 73.2 Å². The Balaban J connectivity index is 0. The van der Waals surface area contributed by atoms with E-state index in [1.807, 2.05) is 0 Å². The molecule has 0 saturated carbocycles. The van der Waals surface area contributed by atoms with E-state index in [9.17, 15) is 51.9 Å². The van der Waals surface area contributed by atoms with Crippen LogP contribution in [-0.2, 0) is 53.3 Å². The first kappa shape index (κ1) is 60.1. The molecule has 0 radical (unpaired) electrons. The van der Waals surface area contributed by atoms with Crippen molar-refractivity contribution in [1.82, 2.24) is 0 Å². The van der Waals surface area contributed by atoms with Crippen LogP contribution in [0.15, 0.2) is 105 Å². The first-order valence-corrected chi connectivity index (χ1v) is 26.7. The summed E-state index contributed by atoms with van der Waals surface area (Å²) >= 11 is 0. The Morgan fingerprint density at radius 1 is 0.375 bits per heavy atom. The predicted molar refractivity (Wildman–Crippen MR) is 240 cm³/mol. The fourth-order valence-electron chi connectivity index (χ4n) is 6.77. The summed E-state index contributed by atoms with van der Waals surface area (Å²) in [5, 5.41) is 0. The van der Waals surface area contributed by atoms with Crippen LogP contribution in [0, 0.1) is 0 Å². The van der Waals surface area contributed by atoms with Crippen molar-refractivity contribution in [2.24, 2.45) is 0 Å². The van der Waals surface area contributed by atoms with Gasteiger partial charge in [0.1, 0.15) is 31.1 Å². The molecule has 0 bridgehead atoms. The zero-order chi connectivity index (χ0) is 45.8. The molecular weight excluding hydrogens is 927 g/mol. The topological polar surface area (TPSA) is 236 Å². The molecule has 0 aliphatic carbocycles. The van der Waals surface area contributed by atoms with Crippen LogP contribution in [0.3, 0.4) is 0 Å². The van der Waals surface area contributed by atoms with Crippen molar-refractivity contribution in [3.63, 3.8) is 0 Å². The van der Waals surface area contributed by atoms with Crippen LogP contribution >= 0.6 is 0 Å². The molecule has 14 nitrogen and oxygen atoms in total. The van der Waals surface area contributed by atoms with Crippen LogP contribution in [0.2, 0.25) is 0 Å². The van der Waals surface area contributed by atoms with Crippen molar-refractivity contribution < 1.29 is 123 Å². The molecule has 64 heavy (non-hydrogen) atoms. The molecule has 20 heteroatoms. The Bertz CT molecular complexity index is 2320. The number of ether oxygens (including phenoxy) is 2. The van der Waals surface area contributed by atoms with Crippen LogP contribution < -0.4 is 68.6 Å². The maximum Gasteiger partial charge on any atom is 1.00 e. The molecule has 4 rings (SSSR count). The monoisotopic (exact) mass is 988 g/mol. The van der Waals surface area contributed by atoms with Crippen molar-refractivity contribution in [3.8, 4) is 23.0 Å². The van der Waals surface area contributed by atoms with Gasteiger partial charge in [0.2, 0.25) is 0 Å². The Kier molecular flexibility index (Phi) is 28.0. The van der Waals surface area contributed by atoms with Gasteiger partial charge in [-0.3, -0.25) is 18.2 Å². The fourth-order valence-corrected chi connectivity index (χ4v) is 9.31. The van der Waals surface area contributed by atoms with E-state index in [1.165, 1.54) is 112 Å². The van der Waals surface area contributed by atoms with Crippen LogP contribution in [0.5, 0.6) is 23.0 Å². The number of benzene rings is 4. The van der Waals surface area contributed by atoms with E-state index in [0.717, 1.165) is 63.5 Å². The van der Waals surface area contributed by atoms with Crippen LogP contribution in [-0.4, -0.2) is 51.9 Å². The molecule has 4 aromatic carbocycles. The SMILES string of the molecule is CCCCCCCCCCc1cccc(S(=O)(=O)O)c1Oc1ccccc1S(=O)(=O)O.CCCCCCCCCCc1cccc(S(=O)(=O)O)c1Oc1ccccc1S(=O)(=O)O.[H-].[H-].[Na+].[Na+]. The van der Waals surface area contributed by atoms with Gasteiger partial charge in [-0.25, -0.2) is 0 Å². The number of unbranched alkanes of at least 4 members (excludes halogenated alkanes) is 14. The molecular formula is C44H62Na2O14S4. The molecule has 0 amide bonds. The van der Waals surface area contributed by atoms with Crippen molar-refractivity contribution in [3.05, 3.63) is 96.1 Å². The largest absolute Gasteiger partial charge is 1.00 e. The molecule has 0 aliphatic rings. The summed E-state index contributed by atoms with van der Waals surface area (Å²) in [5.41, 5.74) is 1.07. The van der Waals surface area contributed by atoms with Gasteiger partial charge < -0.3 is 12.3 Å². The number of aryl methyl sites for hydroxylation is 2. The van der Waals surface area contributed by atoms with Crippen molar-refractivity contribution in [1.29, 1.82) is 0 Å². The van der Waals surface area contributed by atoms with Crippen LogP contribution in [0.4, 0.5) is 0 Å². The second-order valence-electron chi connectivity index (χ2n) is 14.9. The van der Waals surface area contributed by atoms with Gasteiger partial charge in [-0.1, -0.05) is 152 Å². The number of hydrogen-bond acceptors (Lipinski definition) is 10. The minimum absolute atomic E-state index is 0. The molecule has 0 saturated heterocycles. The van der Waals surface area contributed by atoms with E-state index >= 15 is 0 Å². The molecule has 0 atom stereocenters. The van der Waals surface area contributed by atoms with Crippen LogP contribution in [0.1, 0.15) is 131 Å². The van der Waals surface area contributed by atoms with Crippen molar-refractivity contribution in [2.45, 2.75) is 149 Å². The van der Waals surface area contributed by atoms with E-state index in [1.54, 1.807) is 12.1 Å². The third kappa shape index (κ3) is 21.0. The maximum absolute atomic E-state index is 11.9. The van der Waals surface area contributed by atoms with E-state index < -0.39 is 60.1 Å². The first-order chi connectivity index (χ1) is 29.3. The summed E-state index contributed by atoms with van der Waals surface area (Å²) in [6.45, 7) is 4.35. The normalized spacial score (nSPS) is 11.7. The molecule has 0 aliphatic heterocycles. The van der Waals surface area contributed by atoms with E-state index in [4.69, 9.17) is 9.47 Å². The summed E-state index contributed by atoms with van der Waals surface area (Å²) < 4.78 is 144. The summed E-state index contributed by atoms with van der Waals surface area (Å²) in [4.78, 5) is -1.87. The minimum Gasteiger partial charge on any atom is -1.00 e. The summed E-state index contributed by atoms with van der Waals surface area (Å²) in [5.74, 6) is -0.718. The minimum atomic E-state index is -4.61. The molecule has 0 aromatic heterocycles. The molecule has 0 fully saturated rings. The smallest absolute Gasteiger partial charge is 1.00 e. The quantitative estimate of drug-likeness (QED) is 0.0344. The zero-order valence-electron chi connectivity index (χ0n) is 39.3. The standard InChI is InChI=1S/2C22H30O7S2.2Na.2H/c2*1-2-3-4-5-6-7-8-9-13-18-14-12-17-21(31(26,27)28)22(18)29-19-15-10-11-16-20(19)30(23,24)25;;;;/h2*10-12,14-17H,2-9,13H2,1H3,(H,23,24,25)(H,26,27,28);;;;/q;;2*+1;2*-1. The van der Waals surface area contributed by atoms with Crippen molar-refractivity contribution in [2.75, 3.05) is 0 Å². The Hall–Kier alpha value is -1.88.